The quantitative estimate of drug-likeness (QED) is 0.232. The lowest BCUT2D eigenvalue weighted by atomic mass is 10.1. The maximum Gasteiger partial charge on any atom is 0.323 e. The van der Waals surface area contributed by atoms with Crippen LogP contribution in [-0.2, 0) is 57.8 Å². The molecule has 0 spiro atoms. The largest absolute Gasteiger partial charge is 0.461 e. The van der Waals surface area contributed by atoms with Crippen molar-refractivity contribution in [3.8, 4) is 0 Å². The molecule has 2 bridgehead atoms. The SMILES string of the molecule is CC(C)(C)OC(=O)CN1CCN(CC(=O)OC(C)(C)C)Cc2cccc(n2)CN(C(CCC(=O)OCc2ccccc2)C(=O)OC(C)(C)C)CC1. The van der Waals surface area contributed by atoms with Crippen molar-refractivity contribution in [3.63, 3.8) is 0 Å². The van der Waals surface area contributed by atoms with Crippen molar-refractivity contribution >= 4 is 23.9 Å². The van der Waals surface area contributed by atoms with E-state index < -0.39 is 34.8 Å². The summed E-state index contributed by atoms with van der Waals surface area (Å²) >= 11 is 0. The molecule has 1 aliphatic rings. The lowest BCUT2D eigenvalue weighted by Gasteiger charge is -2.35. The van der Waals surface area contributed by atoms with Crippen molar-refractivity contribution in [2.24, 2.45) is 0 Å². The highest BCUT2D eigenvalue weighted by Gasteiger charge is 2.33. The van der Waals surface area contributed by atoms with E-state index in [2.05, 4.69) is 0 Å². The number of pyridine rings is 1. The Balaban J connectivity index is 1.91. The Hall–Kier alpha value is -3.87. The van der Waals surface area contributed by atoms with Crippen LogP contribution in [0.1, 0.15) is 92.1 Å². The molecule has 3 rings (SSSR count). The van der Waals surface area contributed by atoms with E-state index in [0.29, 0.717) is 38.4 Å². The van der Waals surface area contributed by atoms with Gasteiger partial charge >= 0.3 is 23.9 Å². The van der Waals surface area contributed by atoms with Gasteiger partial charge in [-0.05, 0) is 86.4 Å². The van der Waals surface area contributed by atoms with Crippen LogP contribution in [0.4, 0.5) is 0 Å². The number of ether oxygens (including phenoxy) is 4. The first-order valence-corrected chi connectivity index (χ1v) is 17.7. The fraction of sp³-hybridized carbons (Fsp3) is 0.615. The summed E-state index contributed by atoms with van der Waals surface area (Å²) in [5, 5.41) is 0. The van der Waals surface area contributed by atoms with Crippen LogP contribution in [-0.4, -0.2) is 106 Å². The Morgan fingerprint density at radius 2 is 1.18 bits per heavy atom. The molecule has 0 radical (unpaired) electrons. The number of aromatic nitrogens is 1. The van der Waals surface area contributed by atoms with Gasteiger partial charge in [-0.15, -0.1) is 0 Å². The molecule has 1 aromatic carbocycles. The van der Waals surface area contributed by atoms with E-state index in [1.54, 1.807) is 0 Å². The number of carbonyl (C=O) groups is 4. The van der Waals surface area contributed by atoms with E-state index in [1.807, 2.05) is 126 Å². The second-order valence-electron chi connectivity index (χ2n) is 16.0. The molecule has 12 nitrogen and oxygen atoms in total. The van der Waals surface area contributed by atoms with Gasteiger partial charge < -0.3 is 18.9 Å². The van der Waals surface area contributed by atoms with Crippen LogP contribution in [0.3, 0.4) is 0 Å². The second-order valence-corrected chi connectivity index (χ2v) is 16.0. The molecule has 1 unspecified atom stereocenters. The third kappa shape index (κ3) is 16.8. The first-order valence-electron chi connectivity index (χ1n) is 17.7. The molecule has 0 amide bonds. The van der Waals surface area contributed by atoms with Gasteiger partial charge in [0.1, 0.15) is 29.5 Å². The molecule has 1 aromatic heterocycles. The summed E-state index contributed by atoms with van der Waals surface area (Å²) in [5.41, 5.74) is 0.283. The van der Waals surface area contributed by atoms with Crippen molar-refractivity contribution in [1.82, 2.24) is 19.7 Å². The molecule has 0 saturated carbocycles. The van der Waals surface area contributed by atoms with Crippen LogP contribution in [0.2, 0.25) is 0 Å². The molecule has 282 valence electrons. The number of carbonyl (C=O) groups excluding carboxylic acids is 4. The maximum absolute atomic E-state index is 13.8. The van der Waals surface area contributed by atoms with Crippen LogP contribution in [0.25, 0.3) is 0 Å². The zero-order chi connectivity index (χ0) is 37.8. The standard InChI is InChI=1S/C39H58N4O8/c1-37(2,3)49-34(45)26-41-20-21-42(27-35(46)50-38(4,5)6)24-30-16-13-17-31(40-30)25-43(23-22-41)32(36(47)51-39(7,8)9)18-19-33(44)48-28-29-14-11-10-12-15-29/h10-17,32H,18-28H2,1-9H3. The highest BCUT2D eigenvalue weighted by atomic mass is 16.6. The number of esters is 4. The number of benzene rings is 1. The van der Waals surface area contributed by atoms with Crippen LogP contribution < -0.4 is 0 Å². The van der Waals surface area contributed by atoms with Crippen LogP contribution in [0.15, 0.2) is 48.5 Å². The number of hydrogen-bond acceptors (Lipinski definition) is 12. The van der Waals surface area contributed by atoms with Gasteiger partial charge in [0.25, 0.3) is 0 Å². The van der Waals surface area contributed by atoms with E-state index in [-0.39, 0.29) is 51.0 Å². The van der Waals surface area contributed by atoms with Crippen molar-refractivity contribution in [2.75, 3.05) is 39.3 Å². The lowest BCUT2D eigenvalue weighted by Crippen LogP contribution is -2.49. The molecule has 1 aliphatic heterocycles. The Kier molecular flexibility index (Phi) is 15.1. The molecule has 12 heteroatoms. The molecule has 0 N–H and O–H groups in total. The topological polar surface area (TPSA) is 128 Å². The predicted molar refractivity (Wildman–Crippen MR) is 193 cm³/mol. The minimum absolute atomic E-state index is 0.00194. The summed E-state index contributed by atoms with van der Waals surface area (Å²) in [6.45, 7) is 18.9. The Labute approximate surface area is 303 Å². The molecule has 0 aliphatic carbocycles. The van der Waals surface area contributed by atoms with Crippen molar-refractivity contribution in [3.05, 3.63) is 65.5 Å². The van der Waals surface area contributed by atoms with Crippen molar-refractivity contribution in [2.45, 2.75) is 118 Å². The molecule has 51 heavy (non-hydrogen) atoms. The Bertz CT molecular complexity index is 1450. The summed E-state index contributed by atoms with van der Waals surface area (Å²) in [6, 6.07) is 14.3. The molecule has 2 heterocycles. The maximum atomic E-state index is 13.8. The fourth-order valence-electron chi connectivity index (χ4n) is 5.52. The zero-order valence-electron chi connectivity index (χ0n) is 32.0. The fourth-order valence-corrected chi connectivity index (χ4v) is 5.52. The van der Waals surface area contributed by atoms with E-state index >= 15 is 0 Å². The van der Waals surface area contributed by atoms with E-state index in [9.17, 15) is 19.2 Å². The highest BCUT2D eigenvalue weighted by molar-refractivity contribution is 5.78. The Morgan fingerprint density at radius 1 is 0.647 bits per heavy atom. The average molecular weight is 711 g/mol. The van der Waals surface area contributed by atoms with Crippen molar-refractivity contribution < 1.29 is 38.1 Å². The van der Waals surface area contributed by atoms with Crippen LogP contribution in [0, 0.1) is 0 Å². The van der Waals surface area contributed by atoms with Crippen LogP contribution in [0.5, 0.6) is 0 Å². The molecular formula is C39H58N4O8. The number of hydrogen-bond donors (Lipinski definition) is 0. The van der Waals surface area contributed by atoms with E-state index in [4.69, 9.17) is 23.9 Å². The van der Waals surface area contributed by atoms with Gasteiger partial charge in [-0.25, -0.2) is 0 Å². The van der Waals surface area contributed by atoms with Gasteiger partial charge in [0.2, 0.25) is 0 Å². The minimum atomic E-state index is -0.797. The molecule has 0 fully saturated rings. The normalized spacial score (nSPS) is 16.3. The summed E-state index contributed by atoms with van der Waals surface area (Å²) in [6.07, 6.45) is 0.167. The molecule has 1 atom stereocenters. The van der Waals surface area contributed by atoms with E-state index in [1.165, 1.54) is 0 Å². The van der Waals surface area contributed by atoms with Gasteiger partial charge in [0.15, 0.2) is 0 Å². The third-order valence-corrected chi connectivity index (χ3v) is 7.58. The molecule has 2 aromatic rings. The summed E-state index contributed by atoms with van der Waals surface area (Å²) in [7, 11) is 0. The highest BCUT2D eigenvalue weighted by Crippen LogP contribution is 2.20. The number of rotatable bonds is 11. The second kappa shape index (κ2) is 18.6. The smallest absolute Gasteiger partial charge is 0.323 e. The number of fused-ring (bicyclic) bond motifs is 2. The summed E-state index contributed by atoms with van der Waals surface area (Å²) in [5.74, 6) is -1.60. The van der Waals surface area contributed by atoms with E-state index in [0.717, 1.165) is 11.3 Å². The zero-order valence-corrected chi connectivity index (χ0v) is 32.0. The Morgan fingerprint density at radius 3 is 1.76 bits per heavy atom. The first-order chi connectivity index (χ1) is 23.7. The van der Waals surface area contributed by atoms with Crippen molar-refractivity contribution in [1.29, 1.82) is 0 Å². The third-order valence-electron chi connectivity index (χ3n) is 7.58. The average Bonchev–Trinajstić information content (AvgIpc) is 2.98. The molecular weight excluding hydrogens is 652 g/mol. The summed E-state index contributed by atoms with van der Waals surface area (Å²) < 4.78 is 22.7. The van der Waals surface area contributed by atoms with Crippen LogP contribution >= 0.6 is 0 Å². The van der Waals surface area contributed by atoms with Gasteiger partial charge in [0.05, 0.1) is 24.5 Å². The predicted octanol–water partition coefficient (Wildman–Crippen LogP) is 4.92. The monoisotopic (exact) mass is 710 g/mol. The summed E-state index contributed by atoms with van der Waals surface area (Å²) in [4.78, 5) is 63.5. The number of nitrogens with zero attached hydrogens (tertiary/aromatic N) is 4. The van der Waals surface area contributed by atoms with Gasteiger partial charge in [-0.2, -0.15) is 0 Å². The van der Waals surface area contributed by atoms with Gasteiger partial charge in [-0.3, -0.25) is 38.9 Å². The lowest BCUT2D eigenvalue weighted by molar-refractivity contribution is -0.163. The van der Waals surface area contributed by atoms with Gasteiger partial charge in [-0.1, -0.05) is 36.4 Å². The first kappa shape index (κ1) is 41.5. The minimum Gasteiger partial charge on any atom is -0.461 e. The van der Waals surface area contributed by atoms with Gasteiger partial charge in [0, 0.05) is 45.7 Å². The molecule has 0 saturated heterocycles.